The van der Waals surface area contributed by atoms with E-state index in [0.717, 1.165) is 64.5 Å². The van der Waals surface area contributed by atoms with Gasteiger partial charge in [0.1, 0.15) is 0 Å². The second-order valence-electron chi connectivity index (χ2n) is 8.44. The molecule has 6 heteroatoms. The fourth-order valence-electron chi connectivity index (χ4n) is 4.73. The van der Waals surface area contributed by atoms with E-state index >= 15 is 0 Å². The molecule has 1 aromatic rings. The Balaban J connectivity index is 1.67. The minimum atomic E-state index is 0.0609. The molecule has 0 radical (unpaired) electrons. The van der Waals surface area contributed by atoms with Crippen LogP contribution in [0.5, 0.6) is 0 Å². The Labute approximate surface area is 180 Å². The predicted molar refractivity (Wildman–Crippen MR) is 117 cm³/mol. The van der Waals surface area contributed by atoms with Gasteiger partial charge in [-0.25, -0.2) is 0 Å². The van der Waals surface area contributed by atoms with Crippen molar-refractivity contribution in [3.05, 3.63) is 35.4 Å². The van der Waals surface area contributed by atoms with Gasteiger partial charge >= 0.3 is 0 Å². The third-order valence-corrected chi connectivity index (χ3v) is 6.47. The van der Waals surface area contributed by atoms with E-state index in [2.05, 4.69) is 0 Å². The average Bonchev–Trinajstić information content (AvgIpc) is 2.81. The molecule has 30 heavy (non-hydrogen) atoms. The summed E-state index contributed by atoms with van der Waals surface area (Å²) in [6, 6.07) is 7.72. The van der Waals surface area contributed by atoms with Gasteiger partial charge in [-0.3, -0.25) is 9.59 Å². The summed E-state index contributed by atoms with van der Waals surface area (Å²) in [6.45, 7) is 2.93. The monoisotopic (exact) mass is 416 g/mol. The molecule has 6 nitrogen and oxygen atoms in total. The number of ether oxygens (including phenoxy) is 2. The van der Waals surface area contributed by atoms with Crippen molar-refractivity contribution in [1.29, 1.82) is 0 Å². The van der Waals surface area contributed by atoms with Crippen LogP contribution >= 0.6 is 0 Å². The number of rotatable bonds is 8. The maximum atomic E-state index is 13.1. The third kappa shape index (κ3) is 5.61. The number of hydrogen-bond acceptors (Lipinski definition) is 4. The number of methoxy groups -OCH3 is 2. The Morgan fingerprint density at radius 3 is 1.53 bits per heavy atom. The summed E-state index contributed by atoms with van der Waals surface area (Å²) in [5, 5.41) is 0. The van der Waals surface area contributed by atoms with E-state index in [1.165, 1.54) is 0 Å². The number of hydrogen-bond donors (Lipinski definition) is 0. The molecular weight excluding hydrogens is 380 g/mol. The average molecular weight is 417 g/mol. The first-order chi connectivity index (χ1) is 14.7. The third-order valence-electron chi connectivity index (χ3n) is 6.47. The van der Waals surface area contributed by atoms with E-state index < -0.39 is 0 Å². The summed E-state index contributed by atoms with van der Waals surface area (Å²) in [5.41, 5.74) is 1.32. The molecule has 0 saturated carbocycles. The molecule has 1 aromatic carbocycles. The largest absolute Gasteiger partial charge is 0.385 e. The first-order valence-electron chi connectivity index (χ1n) is 11.4. The number of carbonyl (C=O) groups excluding carboxylic acids is 2. The van der Waals surface area contributed by atoms with Crippen LogP contribution in [0.15, 0.2) is 24.3 Å². The molecule has 3 rings (SSSR count). The lowest BCUT2D eigenvalue weighted by Crippen LogP contribution is -2.44. The normalized spacial score (nSPS) is 22.2. The van der Waals surface area contributed by atoms with Gasteiger partial charge in [-0.15, -0.1) is 0 Å². The summed E-state index contributed by atoms with van der Waals surface area (Å²) < 4.78 is 10.4. The number of amides is 2. The van der Waals surface area contributed by atoms with Crippen LogP contribution in [0.4, 0.5) is 0 Å². The van der Waals surface area contributed by atoms with Crippen molar-refractivity contribution in [1.82, 2.24) is 9.80 Å². The standard InChI is InChI=1S/C24H36N2O4/c1-29-17-13-21-7-3-5-15-25(21)23(27)19-9-11-20(12-10-19)24(28)26-16-6-4-8-22(26)14-18-30-2/h9-12,21-22H,3-8,13-18H2,1-2H3. The van der Waals surface area contributed by atoms with Gasteiger partial charge in [0.05, 0.1) is 0 Å². The summed E-state index contributed by atoms with van der Waals surface area (Å²) in [5.74, 6) is 0.122. The summed E-state index contributed by atoms with van der Waals surface area (Å²) in [4.78, 5) is 30.2. The second-order valence-corrected chi connectivity index (χ2v) is 8.44. The SMILES string of the molecule is COCCC1CCCCN1C(=O)c1ccc(C(=O)N2CCCCC2CCOC)cc1. The first kappa shape index (κ1) is 22.8. The van der Waals surface area contributed by atoms with Gasteiger partial charge < -0.3 is 19.3 Å². The zero-order valence-corrected chi connectivity index (χ0v) is 18.5. The van der Waals surface area contributed by atoms with Crippen LogP contribution in [-0.4, -0.2) is 74.2 Å². The lowest BCUT2D eigenvalue weighted by molar-refractivity contribution is 0.0541. The Morgan fingerprint density at radius 1 is 0.767 bits per heavy atom. The molecule has 0 aliphatic carbocycles. The van der Waals surface area contributed by atoms with Crippen molar-refractivity contribution in [3.63, 3.8) is 0 Å². The maximum Gasteiger partial charge on any atom is 0.254 e. The minimum absolute atomic E-state index is 0.0609. The highest BCUT2D eigenvalue weighted by molar-refractivity contribution is 5.98. The van der Waals surface area contributed by atoms with Crippen molar-refractivity contribution in [2.24, 2.45) is 0 Å². The fourth-order valence-corrected chi connectivity index (χ4v) is 4.73. The van der Waals surface area contributed by atoms with Crippen LogP contribution < -0.4 is 0 Å². The van der Waals surface area contributed by atoms with Gasteiger partial charge in [-0.2, -0.15) is 0 Å². The summed E-state index contributed by atoms with van der Waals surface area (Å²) >= 11 is 0. The highest BCUT2D eigenvalue weighted by atomic mass is 16.5. The molecular formula is C24H36N2O4. The van der Waals surface area contributed by atoms with Crippen molar-refractivity contribution in [2.45, 2.75) is 63.5 Å². The predicted octanol–water partition coefficient (Wildman–Crippen LogP) is 3.75. The Hall–Kier alpha value is -1.92. The number of nitrogens with zero attached hydrogens (tertiary/aromatic N) is 2. The van der Waals surface area contributed by atoms with E-state index in [-0.39, 0.29) is 23.9 Å². The van der Waals surface area contributed by atoms with Crippen molar-refractivity contribution in [2.75, 3.05) is 40.5 Å². The van der Waals surface area contributed by atoms with Crippen LogP contribution in [0.1, 0.15) is 72.1 Å². The smallest absolute Gasteiger partial charge is 0.254 e. The molecule has 0 aromatic heterocycles. The van der Waals surface area contributed by atoms with Crippen LogP contribution in [0, 0.1) is 0 Å². The van der Waals surface area contributed by atoms with Crippen molar-refractivity contribution in [3.8, 4) is 0 Å². The van der Waals surface area contributed by atoms with Gasteiger partial charge in [0, 0.05) is 63.7 Å². The van der Waals surface area contributed by atoms with E-state index in [9.17, 15) is 9.59 Å². The first-order valence-corrected chi connectivity index (χ1v) is 11.4. The molecule has 0 bridgehead atoms. The van der Waals surface area contributed by atoms with Gasteiger partial charge in [-0.05, 0) is 75.6 Å². The van der Waals surface area contributed by atoms with Crippen molar-refractivity contribution >= 4 is 11.8 Å². The zero-order chi connectivity index (χ0) is 21.3. The molecule has 2 aliphatic heterocycles. The molecule has 0 N–H and O–H groups in total. The van der Waals surface area contributed by atoms with E-state index in [4.69, 9.17) is 9.47 Å². The molecule has 166 valence electrons. The lowest BCUT2D eigenvalue weighted by atomic mass is 9.97. The molecule has 2 amide bonds. The number of piperidine rings is 2. The van der Waals surface area contributed by atoms with Crippen LogP contribution in [0.25, 0.3) is 0 Å². The van der Waals surface area contributed by atoms with E-state index in [1.807, 2.05) is 34.1 Å². The molecule has 2 saturated heterocycles. The molecule has 0 spiro atoms. The Kier molecular flexibility index (Phi) is 8.70. The lowest BCUT2D eigenvalue weighted by Gasteiger charge is -2.36. The second kappa shape index (κ2) is 11.5. The Morgan fingerprint density at radius 2 is 1.17 bits per heavy atom. The molecule has 2 unspecified atom stereocenters. The fraction of sp³-hybridized carbons (Fsp3) is 0.667. The molecule has 2 fully saturated rings. The van der Waals surface area contributed by atoms with Gasteiger partial charge in [0.2, 0.25) is 0 Å². The highest BCUT2D eigenvalue weighted by Gasteiger charge is 2.29. The summed E-state index contributed by atoms with van der Waals surface area (Å²) in [6.07, 6.45) is 8.21. The molecule has 2 heterocycles. The van der Waals surface area contributed by atoms with Gasteiger partial charge in [0.25, 0.3) is 11.8 Å². The maximum absolute atomic E-state index is 13.1. The zero-order valence-electron chi connectivity index (χ0n) is 18.5. The van der Waals surface area contributed by atoms with Gasteiger partial charge in [-0.1, -0.05) is 0 Å². The molecule has 2 aliphatic rings. The van der Waals surface area contributed by atoms with Crippen LogP contribution in [0.2, 0.25) is 0 Å². The molecule has 2 atom stereocenters. The van der Waals surface area contributed by atoms with Crippen LogP contribution in [0.3, 0.4) is 0 Å². The quantitative estimate of drug-likeness (QED) is 0.648. The Bertz CT molecular complexity index is 632. The highest BCUT2D eigenvalue weighted by Crippen LogP contribution is 2.24. The topological polar surface area (TPSA) is 59.1 Å². The number of likely N-dealkylation sites (tertiary alicyclic amines) is 2. The van der Waals surface area contributed by atoms with Crippen LogP contribution in [-0.2, 0) is 9.47 Å². The van der Waals surface area contributed by atoms with E-state index in [0.29, 0.717) is 24.3 Å². The number of carbonyl (C=O) groups is 2. The van der Waals surface area contributed by atoms with Crippen molar-refractivity contribution < 1.29 is 19.1 Å². The number of benzene rings is 1. The van der Waals surface area contributed by atoms with E-state index in [1.54, 1.807) is 14.2 Å². The summed E-state index contributed by atoms with van der Waals surface area (Å²) in [7, 11) is 3.40. The van der Waals surface area contributed by atoms with Gasteiger partial charge in [0.15, 0.2) is 0 Å². The minimum Gasteiger partial charge on any atom is -0.385 e.